The molecule has 2 aliphatic carbocycles. The van der Waals surface area contributed by atoms with Crippen LogP contribution in [0.1, 0.15) is 139 Å². The van der Waals surface area contributed by atoms with Crippen molar-refractivity contribution in [2.75, 3.05) is 0 Å². The second-order valence-corrected chi connectivity index (χ2v) is 13.5. The maximum atomic E-state index is 4.63. The summed E-state index contributed by atoms with van der Waals surface area (Å²) in [7, 11) is 0. The van der Waals surface area contributed by atoms with Gasteiger partial charge in [0.25, 0.3) is 0 Å². The van der Waals surface area contributed by atoms with Gasteiger partial charge in [-0.2, -0.15) is 12.6 Å². The predicted octanol–water partition coefficient (Wildman–Crippen LogP) is 9.97. The molecule has 0 aliphatic heterocycles. The van der Waals surface area contributed by atoms with Crippen LogP contribution in [0.5, 0.6) is 0 Å². The van der Waals surface area contributed by atoms with Crippen molar-refractivity contribution in [3.05, 3.63) is 0 Å². The molecular formula is C29H56S. The first-order valence-corrected chi connectivity index (χ1v) is 14.2. The molecule has 30 heavy (non-hydrogen) atoms. The molecular weight excluding hydrogens is 380 g/mol. The zero-order chi connectivity index (χ0) is 22.6. The molecule has 7 atom stereocenters. The highest BCUT2D eigenvalue weighted by Crippen LogP contribution is 2.68. The number of thiol groups is 1. The van der Waals surface area contributed by atoms with Gasteiger partial charge >= 0.3 is 0 Å². The Morgan fingerprint density at radius 3 is 2.27 bits per heavy atom. The summed E-state index contributed by atoms with van der Waals surface area (Å²) in [5.41, 5.74) is 1.51. The molecule has 2 fully saturated rings. The lowest BCUT2D eigenvalue weighted by Crippen LogP contribution is -2.43. The van der Waals surface area contributed by atoms with Crippen molar-refractivity contribution in [3.8, 4) is 0 Å². The Morgan fingerprint density at radius 1 is 1.00 bits per heavy atom. The number of hydrogen-bond donors (Lipinski definition) is 1. The summed E-state index contributed by atoms with van der Waals surface area (Å²) in [5.74, 6) is 3.72. The minimum absolute atomic E-state index is 0.443. The largest absolute Gasteiger partial charge is 0.176 e. The van der Waals surface area contributed by atoms with Crippen LogP contribution in [0.15, 0.2) is 0 Å². The van der Waals surface area contributed by atoms with E-state index < -0.39 is 0 Å². The van der Waals surface area contributed by atoms with Crippen LogP contribution in [0.4, 0.5) is 0 Å². The summed E-state index contributed by atoms with van der Waals surface area (Å²) in [6.45, 7) is 20.3. The molecule has 0 aromatic heterocycles. The zero-order valence-corrected chi connectivity index (χ0v) is 22.9. The fourth-order valence-electron chi connectivity index (χ4n) is 8.10. The molecule has 0 amide bonds. The van der Waals surface area contributed by atoms with Crippen molar-refractivity contribution < 1.29 is 0 Å². The van der Waals surface area contributed by atoms with Crippen molar-refractivity contribution in [1.82, 2.24) is 0 Å². The molecule has 0 heterocycles. The van der Waals surface area contributed by atoms with E-state index in [0.717, 1.165) is 23.7 Å². The highest BCUT2D eigenvalue weighted by Gasteiger charge is 2.60. The van der Waals surface area contributed by atoms with Gasteiger partial charge in [0, 0.05) is 0 Å². The van der Waals surface area contributed by atoms with Gasteiger partial charge in [-0.3, -0.25) is 0 Å². The van der Waals surface area contributed by atoms with Gasteiger partial charge in [-0.25, -0.2) is 0 Å². The maximum Gasteiger partial charge on any atom is -0.00116 e. The lowest BCUT2D eigenvalue weighted by molar-refractivity contribution is -0.0162. The van der Waals surface area contributed by atoms with E-state index >= 15 is 0 Å². The summed E-state index contributed by atoms with van der Waals surface area (Å²) in [6.07, 6.45) is 18.4. The Bertz CT molecular complexity index is 508. The van der Waals surface area contributed by atoms with Gasteiger partial charge in [-0.15, -0.1) is 0 Å². The van der Waals surface area contributed by atoms with Gasteiger partial charge in [-0.05, 0) is 90.1 Å². The van der Waals surface area contributed by atoms with Gasteiger partial charge in [0.15, 0.2) is 0 Å². The monoisotopic (exact) mass is 436 g/mol. The normalized spacial score (nSPS) is 34.7. The van der Waals surface area contributed by atoms with Crippen molar-refractivity contribution in [2.24, 2.45) is 39.9 Å². The first-order valence-electron chi connectivity index (χ1n) is 13.7. The van der Waals surface area contributed by atoms with Crippen molar-refractivity contribution in [1.29, 1.82) is 0 Å². The van der Waals surface area contributed by atoms with Crippen LogP contribution >= 0.6 is 12.6 Å². The molecule has 0 radical (unpaired) electrons. The van der Waals surface area contributed by atoms with Crippen LogP contribution < -0.4 is 0 Å². The summed E-state index contributed by atoms with van der Waals surface area (Å²) in [4.78, 5) is 0. The van der Waals surface area contributed by atoms with Gasteiger partial charge in [0.1, 0.15) is 0 Å². The van der Waals surface area contributed by atoms with E-state index in [2.05, 4.69) is 68.0 Å². The molecule has 178 valence electrons. The number of rotatable bonds is 13. The number of hydrogen-bond acceptors (Lipinski definition) is 1. The smallest absolute Gasteiger partial charge is 0.00116 e. The molecule has 0 saturated heterocycles. The quantitative estimate of drug-likeness (QED) is 0.215. The second-order valence-electron chi connectivity index (χ2n) is 12.7. The lowest BCUT2D eigenvalue weighted by Gasteiger charge is -2.51. The molecule has 1 heteroatoms. The molecule has 2 saturated carbocycles. The Morgan fingerprint density at radius 2 is 1.67 bits per heavy atom. The Kier molecular flexibility index (Phi) is 9.74. The van der Waals surface area contributed by atoms with E-state index in [4.69, 9.17) is 0 Å². The predicted molar refractivity (Wildman–Crippen MR) is 139 cm³/mol. The van der Waals surface area contributed by atoms with E-state index in [1.54, 1.807) is 0 Å². The second kappa shape index (κ2) is 11.0. The average molecular weight is 437 g/mol. The molecule has 0 spiro atoms. The standard InChI is InChI=1S/C29H56S/c1-9-11-12-13-14-20-27(5,6)29(8,10-2)26-21-28(7)24(17-15-16-22(3)30)18-19-25(28)23(26)4/h22-26,30H,9-21H2,1-8H3. The molecule has 2 aliphatic rings. The van der Waals surface area contributed by atoms with E-state index in [9.17, 15) is 0 Å². The highest BCUT2D eigenvalue weighted by molar-refractivity contribution is 7.80. The number of fused-ring (bicyclic) bond motifs is 1. The topological polar surface area (TPSA) is 0 Å². The SMILES string of the molecule is CCCCCCCC(C)(C)C(C)(CC)C1CC2(C)C(CCCC(C)S)CCC2C1C. The summed E-state index contributed by atoms with van der Waals surface area (Å²) in [6, 6.07) is 0. The van der Waals surface area contributed by atoms with Gasteiger partial charge in [0.05, 0.1) is 0 Å². The fourth-order valence-corrected chi connectivity index (χ4v) is 8.29. The molecule has 0 nitrogen and oxygen atoms in total. The van der Waals surface area contributed by atoms with Gasteiger partial charge < -0.3 is 0 Å². The van der Waals surface area contributed by atoms with Crippen LogP contribution in [0.25, 0.3) is 0 Å². The molecule has 0 aromatic carbocycles. The first kappa shape index (κ1) is 26.6. The molecule has 0 N–H and O–H groups in total. The van der Waals surface area contributed by atoms with E-state index in [0.29, 0.717) is 21.5 Å². The molecule has 2 rings (SSSR count). The van der Waals surface area contributed by atoms with E-state index in [1.807, 2.05) is 0 Å². The number of unbranched alkanes of at least 4 members (excludes halogenated alkanes) is 4. The van der Waals surface area contributed by atoms with Crippen LogP contribution in [0.3, 0.4) is 0 Å². The minimum Gasteiger partial charge on any atom is -0.176 e. The van der Waals surface area contributed by atoms with Crippen LogP contribution in [-0.4, -0.2) is 5.25 Å². The third-order valence-electron chi connectivity index (χ3n) is 10.7. The summed E-state index contributed by atoms with van der Waals surface area (Å²) in [5, 5.41) is 0.562. The summed E-state index contributed by atoms with van der Waals surface area (Å²) >= 11 is 4.63. The van der Waals surface area contributed by atoms with Crippen molar-refractivity contribution >= 4 is 12.6 Å². The van der Waals surface area contributed by atoms with Crippen LogP contribution in [0, 0.1) is 39.9 Å². The fraction of sp³-hybridized carbons (Fsp3) is 1.00. The third kappa shape index (κ3) is 5.46. The van der Waals surface area contributed by atoms with Crippen molar-refractivity contribution in [2.45, 2.75) is 144 Å². The Labute approximate surface area is 196 Å². The molecule has 0 bridgehead atoms. The highest BCUT2D eigenvalue weighted by atomic mass is 32.1. The zero-order valence-electron chi connectivity index (χ0n) is 22.0. The molecule has 7 unspecified atom stereocenters. The molecule has 0 aromatic rings. The third-order valence-corrected chi connectivity index (χ3v) is 11.0. The van der Waals surface area contributed by atoms with E-state index in [-0.39, 0.29) is 0 Å². The maximum absolute atomic E-state index is 4.63. The lowest BCUT2D eigenvalue weighted by atomic mass is 9.54. The average Bonchev–Trinajstić information content (AvgIpc) is 3.13. The Hall–Kier alpha value is 0.350. The van der Waals surface area contributed by atoms with Gasteiger partial charge in [-0.1, -0.05) is 93.9 Å². The van der Waals surface area contributed by atoms with Crippen LogP contribution in [0.2, 0.25) is 0 Å². The van der Waals surface area contributed by atoms with Gasteiger partial charge in [0.2, 0.25) is 0 Å². The minimum atomic E-state index is 0.443. The summed E-state index contributed by atoms with van der Waals surface area (Å²) < 4.78 is 0. The Balaban J connectivity index is 2.09. The van der Waals surface area contributed by atoms with E-state index in [1.165, 1.54) is 83.5 Å². The van der Waals surface area contributed by atoms with Crippen LogP contribution in [-0.2, 0) is 0 Å². The van der Waals surface area contributed by atoms with Crippen molar-refractivity contribution in [3.63, 3.8) is 0 Å². The first-order chi connectivity index (χ1) is 14.0.